The molecule has 1 fully saturated rings. The lowest BCUT2D eigenvalue weighted by atomic mass is 10.1. The second-order valence-corrected chi connectivity index (χ2v) is 5.63. The molecule has 1 saturated heterocycles. The Morgan fingerprint density at radius 3 is 2.75 bits per heavy atom. The molecule has 1 atom stereocenters. The maximum absolute atomic E-state index is 12.6. The van der Waals surface area contributed by atoms with Gasteiger partial charge >= 0.3 is 5.69 Å². The van der Waals surface area contributed by atoms with E-state index in [2.05, 4.69) is 4.98 Å². The Morgan fingerprint density at radius 2 is 2.00 bits per heavy atom. The highest BCUT2D eigenvalue weighted by Crippen LogP contribution is 2.14. The van der Waals surface area contributed by atoms with Crippen LogP contribution >= 0.6 is 0 Å². The van der Waals surface area contributed by atoms with Gasteiger partial charge in [-0.2, -0.15) is 0 Å². The molecule has 1 aliphatic rings. The first kappa shape index (κ1) is 16.0. The van der Waals surface area contributed by atoms with E-state index in [-0.39, 0.29) is 17.5 Å². The van der Waals surface area contributed by atoms with E-state index in [0.717, 1.165) is 5.56 Å². The van der Waals surface area contributed by atoms with Crippen molar-refractivity contribution in [3.05, 3.63) is 62.4 Å². The van der Waals surface area contributed by atoms with Crippen molar-refractivity contribution < 1.29 is 9.53 Å². The molecule has 1 aromatic heterocycles. The van der Waals surface area contributed by atoms with Crippen LogP contribution in [0.1, 0.15) is 16.1 Å². The molecule has 1 aromatic carbocycles. The maximum atomic E-state index is 12.6. The van der Waals surface area contributed by atoms with Gasteiger partial charge in [0.1, 0.15) is 11.4 Å². The smallest absolute Gasteiger partial charge is 0.326 e. The number of carbonyl (C=O) groups is 1. The normalized spacial score (nSPS) is 17.7. The predicted molar refractivity (Wildman–Crippen MR) is 87.9 cm³/mol. The molecule has 1 unspecified atom stereocenters. The second-order valence-electron chi connectivity index (χ2n) is 5.63. The van der Waals surface area contributed by atoms with Crippen molar-refractivity contribution in [2.45, 2.75) is 12.5 Å². The summed E-state index contributed by atoms with van der Waals surface area (Å²) in [6.45, 7) is 1.12. The fraction of sp³-hybridized carbons (Fsp3) is 0.312. The van der Waals surface area contributed by atoms with Gasteiger partial charge in [-0.25, -0.2) is 4.79 Å². The molecule has 24 heavy (non-hydrogen) atoms. The predicted octanol–water partition coefficient (Wildman–Crippen LogP) is -0.271. The van der Waals surface area contributed by atoms with Gasteiger partial charge in [-0.1, -0.05) is 30.3 Å². The minimum atomic E-state index is -0.767. The van der Waals surface area contributed by atoms with Crippen molar-refractivity contribution in [2.24, 2.45) is 0 Å². The minimum absolute atomic E-state index is 0.153. The number of benzene rings is 1. The van der Waals surface area contributed by atoms with Crippen LogP contribution in [0.5, 0.6) is 0 Å². The van der Waals surface area contributed by atoms with E-state index < -0.39 is 17.2 Å². The highest BCUT2D eigenvalue weighted by atomic mass is 16.5. The largest absolute Gasteiger partial charge is 0.392 e. The second kappa shape index (κ2) is 6.71. The number of ether oxygens (including phenoxy) is 1. The molecular weight excluding hydrogens is 312 g/mol. The zero-order chi connectivity index (χ0) is 17.1. The third-order valence-electron chi connectivity index (χ3n) is 3.93. The van der Waals surface area contributed by atoms with Crippen molar-refractivity contribution in [1.82, 2.24) is 14.9 Å². The SMILES string of the molecule is Nc1c(C(=O)N2CCOC(Cc3ccccc3)C2)[nH]c(=O)[nH]c1=O. The molecule has 2 heterocycles. The average Bonchev–Trinajstić information content (AvgIpc) is 2.58. The number of nitrogens with two attached hydrogens (primary N) is 1. The number of H-pyrrole nitrogens is 2. The molecular formula is C16H18N4O4. The molecule has 8 heteroatoms. The van der Waals surface area contributed by atoms with Crippen molar-refractivity contribution in [2.75, 3.05) is 25.4 Å². The number of anilines is 1. The summed E-state index contributed by atoms with van der Waals surface area (Å²) in [5.74, 6) is -0.475. The Balaban J connectivity index is 1.76. The van der Waals surface area contributed by atoms with E-state index in [1.165, 1.54) is 4.90 Å². The molecule has 1 aliphatic heterocycles. The zero-order valence-corrected chi connectivity index (χ0v) is 13.0. The van der Waals surface area contributed by atoms with Gasteiger partial charge in [0.15, 0.2) is 0 Å². The first-order valence-electron chi connectivity index (χ1n) is 7.61. The highest BCUT2D eigenvalue weighted by Gasteiger charge is 2.27. The number of nitrogens with zero attached hydrogens (tertiary/aromatic N) is 1. The Hall–Kier alpha value is -2.87. The molecule has 1 amide bonds. The summed E-state index contributed by atoms with van der Waals surface area (Å²) >= 11 is 0. The van der Waals surface area contributed by atoms with E-state index >= 15 is 0 Å². The first-order chi connectivity index (χ1) is 11.5. The fourth-order valence-corrected chi connectivity index (χ4v) is 2.73. The monoisotopic (exact) mass is 330 g/mol. The number of nitrogens with one attached hydrogen (secondary N) is 2. The van der Waals surface area contributed by atoms with Gasteiger partial charge in [0.25, 0.3) is 11.5 Å². The lowest BCUT2D eigenvalue weighted by Gasteiger charge is -2.33. The van der Waals surface area contributed by atoms with E-state index in [0.29, 0.717) is 26.1 Å². The lowest BCUT2D eigenvalue weighted by Crippen LogP contribution is -2.47. The van der Waals surface area contributed by atoms with Gasteiger partial charge < -0.3 is 20.4 Å². The Bertz CT molecular complexity index is 843. The Morgan fingerprint density at radius 1 is 1.25 bits per heavy atom. The van der Waals surface area contributed by atoms with Crippen LogP contribution in [0, 0.1) is 0 Å². The van der Waals surface area contributed by atoms with Crippen molar-refractivity contribution >= 4 is 11.6 Å². The molecule has 0 radical (unpaired) electrons. The number of amides is 1. The summed E-state index contributed by atoms with van der Waals surface area (Å²) < 4.78 is 5.71. The van der Waals surface area contributed by atoms with Gasteiger partial charge in [-0.05, 0) is 5.56 Å². The van der Waals surface area contributed by atoms with Gasteiger partial charge in [0.2, 0.25) is 0 Å². The van der Waals surface area contributed by atoms with Crippen molar-refractivity contribution in [3.8, 4) is 0 Å². The van der Waals surface area contributed by atoms with Crippen LogP contribution in [0.2, 0.25) is 0 Å². The highest BCUT2D eigenvalue weighted by molar-refractivity contribution is 5.96. The molecule has 0 saturated carbocycles. The van der Waals surface area contributed by atoms with E-state index in [1.54, 1.807) is 0 Å². The molecule has 2 aromatic rings. The maximum Gasteiger partial charge on any atom is 0.326 e. The molecule has 0 aliphatic carbocycles. The Labute approximate surface area is 137 Å². The number of hydrogen-bond donors (Lipinski definition) is 3. The number of aromatic amines is 2. The number of aromatic nitrogens is 2. The lowest BCUT2D eigenvalue weighted by molar-refractivity contribution is -0.0209. The standard InChI is InChI=1S/C16H18N4O4/c17-12-13(18-16(23)19-14(12)21)15(22)20-6-7-24-11(9-20)8-10-4-2-1-3-5-10/h1-5,11H,6-9,17H2,(H2,18,19,21,23). The van der Waals surface area contributed by atoms with E-state index in [4.69, 9.17) is 10.5 Å². The third kappa shape index (κ3) is 3.38. The van der Waals surface area contributed by atoms with Crippen molar-refractivity contribution in [3.63, 3.8) is 0 Å². The average molecular weight is 330 g/mol. The summed E-state index contributed by atoms with van der Waals surface area (Å²) in [5, 5.41) is 0. The van der Waals surface area contributed by atoms with Crippen LogP contribution < -0.4 is 17.0 Å². The van der Waals surface area contributed by atoms with Crippen LogP contribution in [0.4, 0.5) is 5.69 Å². The third-order valence-corrected chi connectivity index (χ3v) is 3.93. The minimum Gasteiger partial charge on any atom is -0.392 e. The summed E-state index contributed by atoms with van der Waals surface area (Å²) in [4.78, 5) is 41.4. The van der Waals surface area contributed by atoms with Gasteiger partial charge in [-0.15, -0.1) is 0 Å². The van der Waals surface area contributed by atoms with Crippen molar-refractivity contribution in [1.29, 1.82) is 0 Å². The Kier molecular flexibility index (Phi) is 4.48. The summed E-state index contributed by atoms with van der Waals surface area (Å²) in [5.41, 5.74) is 4.75. The molecule has 4 N–H and O–H groups in total. The van der Waals surface area contributed by atoms with Gasteiger partial charge in [-0.3, -0.25) is 14.6 Å². The topological polar surface area (TPSA) is 121 Å². The van der Waals surface area contributed by atoms with E-state index in [1.807, 2.05) is 35.3 Å². The van der Waals surface area contributed by atoms with Gasteiger partial charge in [0.05, 0.1) is 12.7 Å². The van der Waals surface area contributed by atoms with E-state index in [9.17, 15) is 14.4 Å². The number of hydrogen-bond acceptors (Lipinski definition) is 5. The summed E-state index contributed by atoms with van der Waals surface area (Å²) in [7, 11) is 0. The number of morpholine rings is 1. The van der Waals surface area contributed by atoms with Crippen LogP contribution in [0.3, 0.4) is 0 Å². The van der Waals surface area contributed by atoms with Crippen LogP contribution in [-0.2, 0) is 11.2 Å². The van der Waals surface area contributed by atoms with Crippen LogP contribution in [0.25, 0.3) is 0 Å². The van der Waals surface area contributed by atoms with Crippen LogP contribution in [0.15, 0.2) is 39.9 Å². The first-order valence-corrected chi connectivity index (χ1v) is 7.61. The summed E-state index contributed by atoms with van der Waals surface area (Å²) in [6, 6.07) is 9.82. The summed E-state index contributed by atoms with van der Waals surface area (Å²) in [6.07, 6.45) is 0.520. The van der Waals surface area contributed by atoms with Crippen LogP contribution in [-0.4, -0.2) is 46.6 Å². The molecule has 8 nitrogen and oxygen atoms in total. The quantitative estimate of drug-likeness (QED) is 0.715. The molecule has 0 bridgehead atoms. The fourth-order valence-electron chi connectivity index (χ4n) is 2.73. The molecule has 0 spiro atoms. The number of nitrogen functional groups attached to an aromatic ring is 1. The molecule has 126 valence electrons. The zero-order valence-electron chi connectivity index (χ0n) is 13.0. The number of carbonyl (C=O) groups excluding carboxylic acids is 1. The number of rotatable bonds is 3. The molecule has 3 rings (SSSR count). The van der Waals surface area contributed by atoms with Gasteiger partial charge in [0, 0.05) is 19.5 Å².